The van der Waals surface area contributed by atoms with Crippen molar-refractivity contribution in [1.29, 1.82) is 0 Å². The van der Waals surface area contributed by atoms with Crippen LogP contribution in [0.15, 0.2) is 35.1 Å². The van der Waals surface area contributed by atoms with Crippen LogP contribution in [0, 0.1) is 0 Å². The number of carboxylic acid groups (broad SMARTS) is 1. The van der Waals surface area contributed by atoms with Gasteiger partial charge in [0.25, 0.3) is 5.56 Å². The highest BCUT2D eigenvalue weighted by Crippen LogP contribution is 2.28. The number of benzene rings is 1. The summed E-state index contributed by atoms with van der Waals surface area (Å²) in [5, 5.41) is 10.1. The van der Waals surface area contributed by atoms with E-state index in [0.717, 1.165) is 36.6 Å². The number of para-hydroxylation sites is 1. The third-order valence-electron chi connectivity index (χ3n) is 6.08. The Labute approximate surface area is 182 Å². The molecule has 3 rings (SSSR count). The van der Waals surface area contributed by atoms with Crippen LogP contribution >= 0.6 is 0 Å². The molecule has 2 aromatic rings. The Kier molecular flexibility index (Phi) is 8.09. The Hall–Kier alpha value is -2.83. The average Bonchev–Trinajstić information content (AvgIpc) is 2.78. The maximum absolute atomic E-state index is 13.3. The van der Waals surface area contributed by atoms with Crippen molar-refractivity contribution in [1.82, 2.24) is 9.47 Å². The highest BCUT2D eigenvalue weighted by molar-refractivity contribution is 5.80. The summed E-state index contributed by atoms with van der Waals surface area (Å²) < 4.78 is 6.98. The molecule has 1 aromatic carbocycles. The lowest BCUT2D eigenvalue weighted by atomic mass is 9.89. The minimum Gasteiger partial charge on any atom is -0.465 e. The maximum atomic E-state index is 13.3. The van der Waals surface area contributed by atoms with Gasteiger partial charge in [0.2, 0.25) is 0 Å². The zero-order valence-electron chi connectivity index (χ0n) is 18.2. The van der Waals surface area contributed by atoms with Crippen molar-refractivity contribution in [3.63, 3.8) is 0 Å². The van der Waals surface area contributed by atoms with Crippen molar-refractivity contribution in [2.75, 3.05) is 13.1 Å². The topological polar surface area (TPSA) is 88.8 Å². The predicted molar refractivity (Wildman–Crippen MR) is 119 cm³/mol. The van der Waals surface area contributed by atoms with Crippen molar-refractivity contribution in [2.45, 2.75) is 70.9 Å². The van der Waals surface area contributed by atoms with Crippen LogP contribution in [0.1, 0.15) is 69.8 Å². The molecule has 0 spiro atoms. The van der Waals surface area contributed by atoms with Gasteiger partial charge in [0.05, 0.1) is 5.52 Å². The number of hydrogen-bond donors (Lipinski definition) is 1. The third kappa shape index (κ3) is 5.87. The molecule has 7 nitrogen and oxygen atoms in total. The van der Waals surface area contributed by atoms with Gasteiger partial charge in [0, 0.05) is 25.1 Å². The molecule has 1 saturated heterocycles. The molecule has 2 heterocycles. The minimum atomic E-state index is -0.920. The Morgan fingerprint density at radius 3 is 2.52 bits per heavy atom. The van der Waals surface area contributed by atoms with Gasteiger partial charge in [0.1, 0.15) is 0 Å². The highest BCUT2D eigenvalue weighted by atomic mass is 16.5. The van der Waals surface area contributed by atoms with Crippen LogP contribution in [0.3, 0.4) is 0 Å². The number of hydrogen-bond acceptors (Lipinski definition) is 4. The average molecular weight is 429 g/mol. The summed E-state index contributed by atoms with van der Waals surface area (Å²) in [6.07, 6.45) is 5.93. The lowest BCUT2D eigenvalue weighted by molar-refractivity contribution is -0.147. The van der Waals surface area contributed by atoms with E-state index in [2.05, 4.69) is 6.92 Å². The quantitative estimate of drug-likeness (QED) is 0.461. The van der Waals surface area contributed by atoms with E-state index in [-0.39, 0.29) is 24.2 Å². The molecule has 0 saturated carbocycles. The van der Waals surface area contributed by atoms with Crippen LogP contribution in [0.5, 0.6) is 0 Å². The summed E-state index contributed by atoms with van der Waals surface area (Å²) in [4.78, 5) is 38.0. The molecular formula is C24H32N2O5. The normalized spacial score (nSPS) is 14.7. The number of amides is 1. The number of esters is 1. The SMILES string of the molecule is CCCCCCCC(=O)OCn1c(=O)c(C2CCN(C(=O)O)CC2)cc2ccccc21. The van der Waals surface area contributed by atoms with Crippen molar-refractivity contribution < 1.29 is 19.4 Å². The summed E-state index contributed by atoms with van der Waals surface area (Å²) in [6.45, 7) is 2.88. The summed E-state index contributed by atoms with van der Waals surface area (Å²) >= 11 is 0. The monoisotopic (exact) mass is 428 g/mol. The number of pyridine rings is 1. The van der Waals surface area contributed by atoms with E-state index in [4.69, 9.17) is 4.74 Å². The molecule has 1 amide bonds. The molecule has 1 aromatic heterocycles. The first-order valence-corrected chi connectivity index (χ1v) is 11.3. The lowest BCUT2D eigenvalue weighted by Gasteiger charge is -2.30. The van der Waals surface area contributed by atoms with E-state index >= 15 is 0 Å². The largest absolute Gasteiger partial charge is 0.465 e. The molecule has 1 aliphatic rings. The molecule has 0 radical (unpaired) electrons. The molecular weight excluding hydrogens is 396 g/mol. The van der Waals surface area contributed by atoms with Crippen LogP contribution in [0.2, 0.25) is 0 Å². The fourth-order valence-electron chi connectivity index (χ4n) is 4.23. The Balaban J connectivity index is 1.73. The van der Waals surface area contributed by atoms with Gasteiger partial charge in [-0.3, -0.25) is 14.2 Å². The van der Waals surface area contributed by atoms with E-state index in [9.17, 15) is 19.5 Å². The molecule has 31 heavy (non-hydrogen) atoms. The van der Waals surface area contributed by atoms with Crippen LogP contribution in [-0.2, 0) is 16.3 Å². The number of unbranched alkanes of at least 4 members (excludes halogenated alkanes) is 4. The summed E-state index contributed by atoms with van der Waals surface area (Å²) in [5.41, 5.74) is 1.23. The number of aromatic nitrogens is 1. The van der Waals surface area contributed by atoms with Gasteiger partial charge in [-0.1, -0.05) is 50.8 Å². The number of carbonyl (C=O) groups excluding carboxylic acids is 1. The number of carbonyl (C=O) groups is 2. The number of nitrogens with zero attached hydrogens (tertiary/aromatic N) is 2. The first-order chi connectivity index (χ1) is 15.0. The number of piperidine rings is 1. The Bertz CT molecular complexity index is 960. The van der Waals surface area contributed by atoms with Crippen LogP contribution in [0.25, 0.3) is 10.9 Å². The number of fused-ring (bicyclic) bond motifs is 1. The number of rotatable bonds is 9. The van der Waals surface area contributed by atoms with Gasteiger partial charge in [-0.25, -0.2) is 4.79 Å². The molecule has 1 N–H and O–H groups in total. The van der Waals surface area contributed by atoms with Crippen LogP contribution < -0.4 is 5.56 Å². The molecule has 168 valence electrons. The number of likely N-dealkylation sites (tertiary alicyclic amines) is 1. The molecule has 0 aliphatic carbocycles. The zero-order chi connectivity index (χ0) is 22.2. The first kappa shape index (κ1) is 22.8. The van der Waals surface area contributed by atoms with Gasteiger partial charge >= 0.3 is 12.1 Å². The standard InChI is InChI=1S/C24H32N2O5/c1-2-3-4-5-6-11-22(27)31-17-26-21-10-8-7-9-19(21)16-20(23(26)28)18-12-14-25(15-13-18)24(29)30/h7-10,16,18H,2-6,11-15,17H2,1H3,(H,29,30). The second-order valence-corrected chi connectivity index (χ2v) is 8.25. The molecule has 1 aliphatic heterocycles. The van der Waals surface area contributed by atoms with Crippen LogP contribution in [0.4, 0.5) is 4.79 Å². The summed E-state index contributed by atoms with van der Waals surface area (Å²) in [5.74, 6) is -0.291. The maximum Gasteiger partial charge on any atom is 0.407 e. The fraction of sp³-hybridized carbons (Fsp3) is 0.542. The summed E-state index contributed by atoms with van der Waals surface area (Å²) in [6, 6.07) is 9.47. The van der Waals surface area contributed by atoms with Crippen molar-refractivity contribution in [3.8, 4) is 0 Å². The molecule has 0 unspecified atom stereocenters. The molecule has 7 heteroatoms. The smallest absolute Gasteiger partial charge is 0.407 e. The fourth-order valence-corrected chi connectivity index (χ4v) is 4.23. The van der Waals surface area contributed by atoms with E-state index in [1.807, 2.05) is 30.3 Å². The minimum absolute atomic E-state index is 0.00627. The molecule has 0 atom stereocenters. The lowest BCUT2D eigenvalue weighted by Crippen LogP contribution is -2.38. The predicted octanol–water partition coefficient (Wildman–Crippen LogP) is 4.72. The van der Waals surface area contributed by atoms with Gasteiger partial charge in [-0.05, 0) is 42.7 Å². The highest BCUT2D eigenvalue weighted by Gasteiger charge is 2.26. The Morgan fingerprint density at radius 2 is 1.81 bits per heavy atom. The van der Waals surface area contributed by atoms with Gasteiger partial charge < -0.3 is 14.7 Å². The second kappa shape index (κ2) is 11.0. The van der Waals surface area contributed by atoms with Crippen LogP contribution in [-0.4, -0.2) is 39.7 Å². The van der Waals surface area contributed by atoms with Crippen molar-refractivity contribution in [2.24, 2.45) is 0 Å². The second-order valence-electron chi connectivity index (χ2n) is 8.25. The van der Waals surface area contributed by atoms with E-state index in [1.54, 1.807) is 0 Å². The third-order valence-corrected chi connectivity index (χ3v) is 6.08. The molecule has 1 fully saturated rings. The van der Waals surface area contributed by atoms with Crippen molar-refractivity contribution >= 4 is 23.0 Å². The van der Waals surface area contributed by atoms with Gasteiger partial charge in [-0.15, -0.1) is 0 Å². The molecule has 0 bridgehead atoms. The Morgan fingerprint density at radius 1 is 1.10 bits per heavy atom. The van der Waals surface area contributed by atoms with Crippen molar-refractivity contribution in [3.05, 3.63) is 46.2 Å². The zero-order valence-corrected chi connectivity index (χ0v) is 18.2. The van der Waals surface area contributed by atoms with Gasteiger partial charge in [0.15, 0.2) is 6.73 Å². The first-order valence-electron chi connectivity index (χ1n) is 11.3. The van der Waals surface area contributed by atoms with E-state index in [1.165, 1.54) is 15.9 Å². The number of ether oxygens (including phenoxy) is 1. The van der Waals surface area contributed by atoms with E-state index < -0.39 is 6.09 Å². The summed E-state index contributed by atoms with van der Waals surface area (Å²) in [7, 11) is 0. The van der Waals surface area contributed by atoms with E-state index in [0.29, 0.717) is 37.9 Å². The van der Waals surface area contributed by atoms with Gasteiger partial charge in [-0.2, -0.15) is 0 Å².